The van der Waals surface area contributed by atoms with Crippen LogP contribution in [-0.4, -0.2) is 56.5 Å². The number of hydrogen-bond donors (Lipinski definition) is 0. The summed E-state index contributed by atoms with van der Waals surface area (Å²) in [6, 6.07) is 11.1. The molecule has 0 N–H and O–H groups in total. The molecule has 2 aromatic carbocycles. The number of thiazole rings is 1. The Labute approximate surface area is 194 Å². The molecular formula is C22H23N3O6S2. The third kappa shape index (κ3) is 4.70. The molecule has 1 aromatic heterocycles. The standard InChI is InChI=1S/C22H23N3O6S2/c1-24(15-6-7-15)33(28,29)17-9-4-14(5-10-17)21(27)23-22-25(13-20(26)31-3)18-11-8-16(30-2)12-19(18)32-22/h4-5,8-12,15H,6-7,13H2,1-3H3. The van der Waals surface area contributed by atoms with Crippen molar-refractivity contribution in [2.75, 3.05) is 21.3 Å². The summed E-state index contributed by atoms with van der Waals surface area (Å²) in [5.74, 6) is -0.389. The van der Waals surface area contributed by atoms with E-state index in [0.717, 1.165) is 17.5 Å². The van der Waals surface area contributed by atoms with Crippen molar-refractivity contribution in [2.24, 2.45) is 4.99 Å². The molecular weight excluding hydrogens is 466 g/mol. The van der Waals surface area contributed by atoms with Crippen molar-refractivity contribution in [1.82, 2.24) is 8.87 Å². The first kappa shape index (κ1) is 23.1. The average Bonchev–Trinajstić information content (AvgIpc) is 3.62. The van der Waals surface area contributed by atoms with Gasteiger partial charge in [-0.15, -0.1) is 0 Å². The van der Waals surface area contributed by atoms with Gasteiger partial charge in [-0.1, -0.05) is 11.3 Å². The van der Waals surface area contributed by atoms with Gasteiger partial charge in [0.2, 0.25) is 10.0 Å². The van der Waals surface area contributed by atoms with Gasteiger partial charge in [0.15, 0.2) is 4.80 Å². The van der Waals surface area contributed by atoms with Crippen molar-refractivity contribution in [1.29, 1.82) is 0 Å². The van der Waals surface area contributed by atoms with E-state index in [1.165, 1.54) is 47.0 Å². The molecule has 4 rings (SSSR count). The minimum atomic E-state index is -3.60. The van der Waals surface area contributed by atoms with Crippen LogP contribution in [0, 0.1) is 0 Å². The van der Waals surface area contributed by atoms with Gasteiger partial charge in [-0.2, -0.15) is 9.30 Å². The van der Waals surface area contributed by atoms with Crippen molar-refractivity contribution < 1.29 is 27.5 Å². The molecule has 0 unspecified atom stereocenters. The van der Waals surface area contributed by atoms with E-state index in [1.807, 2.05) is 0 Å². The van der Waals surface area contributed by atoms with Crippen LogP contribution in [0.3, 0.4) is 0 Å². The maximum absolute atomic E-state index is 12.9. The summed E-state index contributed by atoms with van der Waals surface area (Å²) in [6.07, 6.45) is 1.72. The summed E-state index contributed by atoms with van der Waals surface area (Å²) in [7, 11) is 0.814. The molecule has 0 bridgehead atoms. The number of esters is 1. The van der Waals surface area contributed by atoms with Crippen molar-refractivity contribution in [3.63, 3.8) is 0 Å². The van der Waals surface area contributed by atoms with Crippen molar-refractivity contribution in [2.45, 2.75) is 30.3 Å². The molecule has 33 heavy (non-hydrogen) atoms. The molecule has 1 saturated carbocycles. The van der Waals surface area contributed by atoms with E-state index in [-0.39, 0.29) is 23.0 Å². The Kier molecular flexibility index (Phi) is 6.37. The van der Waals surface area contributed by atoms with E-state index in [2.05, 4.69) is 4.99 Å². The Bertz CT molecular complexity index is 1390. The number of nitrogens with zero attached hydrogens (tertiary/aromatic N) is 3. The van der Waals surface area contributed by atoms with E-state index >= 15 is 0 Å². The number of fused-ring (bicyclic) bond motifs is 1. The van der Waals surface area contributed by atoms with Crippen LogP contribution in [0.2, 0.25) is 0 Å². The minimum Gasteiger partial charge on any atom is -0.497 e. The Balaban J connectivity index is 1.69. The van der Waals surface area contributed by atoms with Crippen LogP contribution < -0.4 is 9.54 Å². The van der Waals surface area contributed by atoms with Crippen molar-refractivity contribution in [3.05, 3.63) is 52.8 Å². The highest BCUT2D eigenvalue weighted by Gasteiger charge is 2.35. The predicted molar refractivity (Wildman–Crippen MR) is 123 cm³/mol. The second kappa shape index (κ2) is 9.08. The van der Waals surface area contributed by atoms with E-state index in [4.69, 9.17) is 9.47 Å². The number of rotatable bonds is 7. The molecule has 0 aliphatic heterocycles. The first-order chi connectivity index (χ1) is 15.7. The van der Waals surface area contributed by atoms with Gasteiger partial charge in [-0.25, -0.2) is 8.42 Å². The SMILES string of the molecule is COC(=O)Cn1c(=NC(=O)c2ccc(S(=O)(=O)N(C)C3CC3)cc2)sc2cc(OC)ccc21. The van der Waals surface area contributed by atoms with Gasteiger partial charge >= 0.3 is 5.97 Å². The lowest BCUT2D eigenvalue weighted by molar-refractivity contribution is -0.141. The highest BCUT2D eigenvalue weighted by Crippen LogP contribution is 2.30. The summed E-state index contributed by atoms with van der Waals surface area (Å²) in [5, 5.41) is 0. The summed E-state index contributed by atoms with van der Waals surface area (Å²) in [5.41, 5.74) is 0.949. The number of benzene rings is 2. The zero-order valence-corrected chi connectivity index (χ0v) is 20.0. The highest BCUT2D eigenvalue weighted by atomic mass is 32.2. The lowest BCUT2D eigenvalue weighted by Gasteiger charge is -2.16. The fourth-order valence-electron chi connectivity index (χ4n) is 3.33. The molecule has 1 aliphatic rings. The van der Waals surface area contributed by atoms with Gasteiger partial charge in [0.05, 0.1) is 29.3 Å². The van der Waals surface area contributed by atoms with Gasteiger partial charge in [-0.3, -0.25) is 9.59 Å². The molecule has 0 saturated heterocycles. The maximum Gasteiger partial charge on any atom is 0.325 e. The van der Waals surface area contributed by atoms with Gasteiger partial charge in [-0.05, 0) is 55.3 Å². The second-order valence-corrected chi connectivity index (χ2v) is 10.6. The van der Waals surface area contributed by atoms with E-state index < -0.39 is 21.9 Å². The summed E-state index contributed by atoms with van der Waals surface area (Å²) < 4.78 is 39.1. The molecule has 0 radical (unpaired) electrons. The first-order valence-corrected chi connectivity index (χ1v) is 12.4. The third-order valence-corrected chi connectivity index (χ3v) is 8.41. The largest absolute Gasteiger partial charge is 0.497 e. The smallest absolute Gasteiger partial charge is 0.325 e. The number of sulfonamides is 1. The molecule has 3 aromatic rings. The van der Waals surface area contributed by atoms with Crippen molar-refractivity contribution in [3.8, 4) is 5.75 Å². The molecule has 1 fully saturated rings. The fourth-order valence-corrected chi connectivity index (χ4v) is 5.81. The Morgan fingerprint density at radius 1 is 1.15 bits per heavy atom. The number of ether oxygens (including phenoxy) is 2. The number of carbonyl (C=O) groups excluding carboxylic acids is 2. The highest BCUT2D eigenvalue weighted by molar-refractivity contribution is 7.89. The molecule has 0 spiro atoms. The van der Waals surface area contributed by atoms with Crippen molar-refractivity contribution >= 4 is 43.5 Å². The maximum atomic E-state index is 12.9. The monoisotopic (exact) mass is 489 g/mol. The Hall–Kier alpha value is -3.02. The van der Waals surface area contributed by atoms with Crippen LogP contribution in [0.25, 0.3) is 10.2 Å². The van der Waals surface area contributed by atoms with Crippen LogP contribution in [0.1, 0.15) is 23.2 Å². The predicted octanol–water partition coefficient (Wildman–Crippen LogP) is 2.41. The first-order valence-electron chi connectivity index (χ1n) is 10.2. The number of carbonyl (C=O) groups is 2. The number of methoxy groups -OCH3 is 2. The zero-order chi connectivity index (χ0) is 23.8. The summed E-state index contributed by atoms with van der Waals surface area (Å²) >= 11 is 1.24. The van der Waals surface area contributed by atoms with Gasteiger partial charge in [0.25, 0.3) is 5.91 Å². The van der Waals surface area contributed by atoms with Crippen LogP contribution >= 0.6 is 11.3 Å². The molecule has 0 atom stereocenters. The molecule has 9 nitrogen and oxygen atoms in total. The third-order valence-electron chi connectivity index (χ3n) is 5.44. The molecule has 1 amide bonds. The zero-order valence-electron chi connectivity index (χ0n) is 18.3. The number of aromatic nitrogens is 1. The van der Waals surface area contributed by atoms with Gasteiger partial charge < -0.3 is 14.0 Å². The van der Waals surface area contributed by atoms with E-state index in [0.29, 0.717) is 16.1 Å². The molecule has 1 heterocycles. The normalized spacial score (nSPS) is 14.6. The topological polar surface area (TPSA) is 107 Å². The van der Waals surface area contributed by atoms with Crippen LogP contribution in [0.4, 0.5) is 0 Å². The van der Waals surface area contributed by atoms with Crippen LogP contribution in [-0.2, 0) is 26.1 Å². The van der Waals surface area contributed by atoms with Crippen LogP contribution in [0.5, 0.6) is 5.75 Å². The molecule has 1 aliphatic carbocycles. The molecule has 11 heteroatoms. The van der Waals surface area contributed by atoms with E-state index in [1.54, 1.807) is 36.9 Å². The summed E-state index contributed by atoms with van der Waals surface area (Å²) in [6.45, 7) is -0.111. The Morgan fingerprint density at radius 2 is 1.85 bits per heavy atom. The summed E-state index contributed by atoms with van der Waals surface area (Å²) in [4.78, 5) is 29.5. The fraction of sp³-hybridized carbons (Fsp3) is 0.318. The van der Waals surface area contributed by atoms with Gasteiger partial charge in [0, 0.05) is 18.7 Å². The lowest BCUT2D eigenvalue weighted by Crippen LogP contribution is -2.28. The van der Waals surface area contributed by atoms with E-state index in [9.17, 15) is 18.0 Å². The number of amides is 1. The average molecular weight is 490 g/mol. The Morgan fingerprint density at radius 3 is 2.45 bits per heavy atom. The number of hydrogen-bond acceptors (Lipinski definition) is 7. The van der Waals surface area contributed by atoms with Gasteiger partial charge in [0.1, 0.15) is 12.3 Å². The quantitative estimate of drug-likeness (QED) is 0.472. The lowest BCUT2D eigenvalue weighted by atomic mass is 10.2. The second-order valence-electron chi connectivity index (χ2n) is 7.57. The minimum absolute atomic E-state index is 0.0446. The molecule has 174 valence electrons. The van der Waals surface area contributed by atoms with Crippen LogP contribution in [0.15, 0.2) is 52.4 Å².